The van der Waals surface area contributed by atoms with Crippen LogP contribution in [0.3, 0.4) is 0 Å². The Balaban J connectivity index is 1.88. The van der Waals surface area contributed by atoms with Gasteiger partial charge in [-0.25, -0.2) is 4.79 Å². The molecule has 0 aliphatic heterocycles. The molecule has 0 radical (unpaired) electrons. The van der Waals surface area contributed by atoms with Crippen molar-refractivity contribution in [2.45, 2.75) is 0 Å². The first-order chi connectivity index (χ1) is 14.4. The van der Waals surface area contributed by atoms with Crippen molar-refractivity contribution in [3.05, 3.63) is 83.4 Å². The predicted molar refractivity (Wildman–Crippen MR) is 110 cm³/mol. The third kappa shape index (κ3) is 4.39. The van der Waals surface area contributed by atoms with Crippen LogP contribution in [-0.4, -0.2) is 35.1 Å². The molecule has 0 spiro atoms. The van der Waals surface area contributed by atoms with Crippen molar-refractivity contribution in [2.75, 3.05) is 17.7 Å². The second-order valence-corrected chi connectivity index (χ2v) is 6.19. The Labute approximate surface area is 171 Å². The number of nitrogens with one attached hydrogen (secondary N) is 2. The lowest BCUT2D eigenvalue weighted by Gasteiger charge is -2.13. The summed E-state index contributed by atoms with van der Waals surface area (Å²) < 4.78 is 4.76. The SMILES string of the molecule is COC(=O)c1cc(NC(=O)c2ccccc2O)ccc1NC(=O)c1ccccc1O. The number of ether oxygens (including phenoxy) is 1. The van der Waals surface area contributed by atoms with Gasteiger partial charge >= 0.3 is 5.97 Å². The van der Waals surface area contributed by atoms with Crippen LogP contribution >= 0.6 is 0 Å². The molecule has 8 heteroatoms. The average molecular weight is 406 g/mol. The number of methoxy groups -OCH3 is 1. The van der Waals surface area contributed by atoms with Crippen LogP contribution in [0.5, 0.6) is 11.5 Å². The standard InChI is InChI=1S/C22H18N2O6/c1-30-22(29)16-12-13(23-20(27)14-6-2-4-8-18(14)25)10-11-17(16)24-21(28)15-7-3-5-9-19(15)26/h2-12,25-26H,1H3,(H,23,27)(H,24,28). The van der Waals surface area contributed by atoms with Crippen molar-refractivity contribution in [3.8, 4) is 11.5 Å². The van der Waals surface area contributed by atoms with Gasteiger partial charge in [0.15, 0.2) is 0 Å². The summed E-state index contributed by atoms with van der Waals surface area (Å²) in [5.41, 5.74) is 0.482. The third-order valence-corrected chi connectivity index (χ3v) is 4.23. The third-order valence-electron chi connectivity index (χ3n) is 4.23. The van der Waals surface area contributed by atoms with Gasteiger partial charge in [0.2, 0.25) is 0 Å². The van der Waals surface area contributed by atoms with E-state index in [1.165, 1.54) is 49.6 Å². The zero-order valence-corrected chi connectivity index (χ0v) is 15.9. The first kappa shape index (κ1) is 20.4. The van der Waals surface area contributed by atoms with Crippen LogP contribution in [-0.2, 0) is 4.74 Å². The van der Waals surface area contributed by atoms with Crippen molar-refractivity contribution in [1.29, 1.82) is 0 Å². The van der Waals surface area contributed by atoms with Crippen LogP contribution in [0.2, 0.25) is 0 Å². The number of phenols is 2. The monoisotopic (exact) mass is 406 g/mol. The van der Waals surface area contributed by atoms with E-state index >= 15 is 0 Å². The number of hydrogen-bond donors (Lipinski definition) is 4. The summed E-state index contributed by atoms with van der Waals surface area (Å²) in [6, 6.07) is 16.2. The molecule has 0 saturated heterocycles. The van der Waals surface area contributed by atoms with Gasteiger partial charge in [-0.2, -0.15) is 0 Å². The number of hydrogen-bond acceptors (Lipinski definition) is 6. The quantitative estimate of drug-likeness (QED) is 0.482. The van der Waals surface area contributed by atoms with Crippen LogP contribution < -0.4 is 10.6 Å². The number of carbonyl (C=O) groups excluding carboxylic acids is 3. The Hall–Kier alpha value is -4.33. The minimum atomic E-state index is -0.735. The second kappa shape index (κ2) is 8.78. The smallest absolute Gasteiger partial charge is 0.340 e. The molecule has 0 aromatic heterocycles. The lowest BCUT2D eigenvalue weighted by molar-refractivity contribution is 0.0601. The maximum Gasteiger partial charge on any atom is 0.340 e. The van der Waals surface area contributed by atoms with E-state index in [1.807, 2.05) is 0 Å². The number of rotatable bonds is 5. The van der Waals surface area contributed by atoms with E-state index < -0.39 is 17.8 Å². The number of benzene rings is 3. The molecule has 0 aliphatic carbocycles. The van der Waals surface area contributed by atoms with Crippen LogP contribution in [0, 0.1) is 0 Å². The Kier molecular flexibility index (Phi) is 5.97. The number of esters is 1. The van der Waals surface area contributed by atoms with Crippen molar-refractivity contribution < 1.29 is 29.3 Å². The van der Waals surface area contributed by atoms with Crippen molar-refractivity contribution in [1.82, 2.24) is 0 Å². The molecular formula is C22H18N2O6. The highest BCUT2D eigenvalue weighted by Gasteiger charge is 2.18. The lowest BCUT2D eigenvalue weighted by Crippen LogP contribution is -2.17. The molecule has 3 aromatic rings. The van der Waals surface area contributed by atoms with E-state index in [2.05, 4.69) is 10.6 Å². The Morgan fingerprint density at radius 2 is 1.27 bits per heavy atom. The maximum absolute atomic E-state index is 12.5. The summed E-state index contributed by atoms with van der Waals surface area (Å²) in [6.07, 6.45) is 0. The summed E-state index contributed by atoms with van der Waals surface area (Å²) in [5.74, 6) is -2.32. The zero-order valence-electron chi connectivity index (χ0n) is 15.9. The Morgan fingerprint density at radius 3 is 1.80 bits per heavy atom. The molecule has 3 rings (SSSR count). The largest absolute Gasteiger partial charge is 0.507 e. The maximum atomic E-state index is 12.5. The number of phenolic OH excluding ortho intramolecular Hbond substituents is 2. The minimum Gasteiger partial charge on any atom is -0.507 e. The first-order valence-corrected chi connectivity index (χ1v) is 8.81. The van der Waals surface area contributed by atoms with Crippen LogP contribution in [0.4, 0.5) is 11.4 Å². The highest BCUT2D eigenvalue weighted by Crippen LogP contribution is 2.25. The Bertz CT molecular complexity index is 1130. The van der Waals surface area contributed by atoms with Gasteiger partial charge in [0, 0.05) is 5.69 Å². The molecule has 3 aromatic carbocycles. The summed E-state index contributed by atoms with van der Waals surface area (Å²) in [6.45, 7) is 0. The molecule has 0 bridgehead atoms. The van der Waals surface area contributed by atoms with Gasteiger partial charge in [-0.15, -0.1) is 0 Å². The first-order valence-electron chi connectivity index (χ1n) is 8.81. The molecule has 152 valence electrons. The number of para-hydroxylation sites is 2. The summed E-state index contributed by atoms with van der Waals surface area (Å²) in [5, 5.41) is 24.8. The number of amides is 2. The highest BCUT2D eigenvalue weighted by molar-refractivity contribution is 6.10. The topological polar surface area (TPSA) is 125 Å². The fourth-order valence-electron chi connectivity index (χ4n) is 2.73. The summed E-state index contributed by atoms with van der Waals surface area (Å²) in [4.78, 5) is 37.1. The molecule has 0 fully saturated rings. The van der Waals surface area contributed by atoms with E-state index in [-0.39, 0.29) is 39.6 Å². The molecule has 4 N–H and O–H groups in total. The molecule has 2 amide bonds. The van der Waals surface area contributed by atoms with Crippen LogP contribution in [0.25, 0.3) is 0 Å². The second-order valence-electron chi connectivity index (χ2n) is 6.19. The van der Waals surface area contributed by atoms with Gasteiger partial charge in [0.25, 0.3) is 11.8 Å². The van der Waals surface area contributed by atoms with E-state index in [0.717, 1.165) is 0 Å². The van der Waals surface area contributed by atoms with Crippen molar-refractivity contribution >= 4 is 29.2 Å². The van der Waals surface area contributed by atoms with Gasteiger partial charge in [0.1, 0.15) is 11.5 Å². The van der Waals surface area contributed by atoms with Gasteiger partial charge < -0.3 is 25.6 Å². The fraction of sp³-hybridized carbons (Fsp3) is 0.0455. The number of aromatic hydroxyl groups is 2. The molecule has 0 saturated carbocycles. The molecule has 30 heavy (non-hydrogen) atoms. The molecule has 8 nitrogen and oxygen atoms in total. The van der Waals surface area contributed by atoms with E-state index in [1.54, 1.807) is 24.3 Å². The summed E-state index contributed by atoms with van der Waals surface area (Å²) >= 11 is 0. The van der Waals surface area contributed by atoms with Crippen LogP contribution in [0.15, 0.2) is 66.7 Å². The van der Waals surface area contributed by atoms with E-state index in [0.29, 0.717) is 0 Å². The molecule has 0 atom stereocenters. The molecule has 0 heterocycles. The fourth-order valence-corrected chi connectivity index (χ4v) is 2.73. The van der Waals surface area contributed by atoms with E-state index in [9.17, 15) is 24.6 Å². The van der Waals surface area contributed by atoms with Gasteiger partial charge in [0.05, 0.1) is 29.5 Å². The van der Waals surface area contributed by atoms with Crippen molar-refractivity contribution in [3.63, 3.8) is 0 Å². The highest BCUT2D eigenvalue weighted by atomic mass is 16.5. The predicted octanol–water partition coefficient (Wildman–Crippen LogP) is 3.39. The summed E-state index contributed by atoms with van der Waals surface area (Å²) in [7, 11) is 1.18. The lowest BCUT2D eigenvalue weighted by atomic mass is 10.1. The average Bonchev–Trinajstić information content (AvgIpc) is 2.74. The zero-order chi connectivity index (χ0) is 21.7. The number of anilines is 2. The molecular weight excluding hydrogens is 388 g/mol. The number of carbonyl (C=O) groups is 3. The molecule has 0 aliphatic rings. The minimum absolute atomic E-state index is 0.00338. The Morgan fingerprint density at radius 1 is 0.733 bits per heavy atom. The van der Waals surface area contributed by atoms with Gasteiger partial charge in [-0.3, -0.25) is 9.59 Å². The molecule has 0 unspecified atom stereocenters. The van der Waals surface area contributed by atoms with Crippen molar-refractivity contribution in [2.24, 2.45) is 0 Å². The van der Waals surface area contributed by atoms with Gasteiger partial charge in [-0.1, -0.05) is 24.3 Å². The van der Waals surface area contributed by atoms with E-state index in [4.69, 9.17) is 4.74 Å². The normalized spacial score (nSPS) is 10.2. The van der Waals surface area contributed by atoms with Gasteiger partial charge in [-0.05, 0) is 42.5 Å². The van der Waals surface area contributed by atoms with Crippen LogP contribution in [0.1, 0.15) is 31.1 Å².